The summed E-state index contributed by atoms with van der Waals surface area (Å²) in [6.07, 6.45) is -0.431. The standard InChI is InChI=1S/C22H30F2N4O2/c1-16(2)25-8-10-26(11-9-25)21(30)19-12-22(23,24)15-28(19)18-13-27(14-18)20(29)17-6-4-3-5-7-17/h3-7,16,18-19H,8-15H2,1-2H3/t19-/m0/s1. The maximum absolute atomic E-state index is 14.3. The number of halogens is 2. The second kappa shape index (κ2) is 8.23. The van der Waals surface area contributed by atoms with Crippen molar-refractivity contribution < 1.29 is 18.4 Å². The molecule has 1 atom stereocenters. The third-order valence-electron chi connectivity index (χ3n) is 6.59. The van der Waals surface area contributed by atoms with Crippen LogP contribution in [0.3, 0.4) is 0 Å². The number of likely N-dealkylation sites (tertiary alicyclic amines) is 2. The van der Waals surface area contributed by atoms with Crippen molar-refractivity contribution in [2.75, 3.05) is 45.8 Å². The number of amides is 2. The van der Waals surface area contributed by atoms with E-state index in [0.29, 0.717) is 37.8 Å². The van der Waals surface area contributed by atoms with Crippen molar-refractivity contribution in [1.82, 2.24) is 19.6 Å². The number of hydrogen-bond donors (Lipinski definition) is 0. The van der Waals surface area contributed by atoms with Crippen LogP contribution in [0.4, 0.5) is 8.78 Å². The van der Waals surface area contributed by atoms with Crippen LogP contribution >= 0.6 is 0 Å². The summed E-state index contributed by atoms with van der Waals surface area (Å²) in [5.74, 6) is -3.15. The molecule has 2 amide bonds. The molecule has 8 heteroatoms. The van der Waals surface area contributed by atoms with Gasteiger partial charge in [0, 0.05) is 63.3 Å². The van der Waals surface area contributed by atoms with Crippen molar-refractivity contribution in [3.8, 4) is 0 Å². The zero-order valence-corrected chi connectivity index (χ0v) is 17.6. The minimum Gasteiger partial charge on any atom is -0.339 e. The lowest BCUT2D eigenvalue weighted by Crippen LogP contribution is -2.64. The summed E-state index contributed by atoms with van der Waals surface area (Å²) in [6.45, 7) is 7.31. The van der Waals surface area contributed by atoms with Gasteiger partial charge in [0.1, 0.15) is 0 Å². The SMILES string of the molecule is CC(C)N1CCN(C(=O)[C@@H]2CC(F)(F)CN2C2CN(C(=O)c3ccccc3)C2)CC1. The summed E-state index contributed by atoms with van der Waals surface area (Å²) in [5, 5.41) is 0. The zero-order valence-electron chi connectivity index (χ0n) is 17.6. The van der Waals surface area contributed by atoms with Gasteiger partial charge < -0.3 is 9.80 Å². The van der Waals surface area contributed by atoms with Crippen molar-refractivity contribution in [3.63, 3.8) is 0 Å². The molecular formula is C22H30F2N4O2. The number of rotatable bonds is 4. The Labute approximate surface area is 176 Å². The van der Waals surface area contributed by atoms with Crippen LogP contribution in [0.5, 0.6) is 0 Å². The summed E-state index contributed by atoms with van der Waals surface area (Å²) in [5.41, 5.74) is 0.596. The van der Waals surface area contributed by atoms with E-state index < -0.39 is 24.9 Å². The Balaban J connectivity index is 1.38. The number of carbonyl (C=O) groups is 2. The molecule has 6 nitrogen and oxygen atoms in total. The van der Waals surface area contributed by atoms with Gasteiger partial charge in [-0.15, -0.1) is 0 Å². The molecule has 164 valence electrons. The van der Waals surface area contributed by atoms with E-state index in [1.165, 1.54) is 0 Å². The van der Waals surface area contributed by atoms with Gasteiger partial charge >= 0.3 is 0 Å². The summed E-state index contributed by atoms with van der Waals surface area (Å²) >= 11 is 0. The molecule has 0 radical (unpaired) electrons. The molecule has 0 spiro atoms. The van der Waals surface area contributed by atoms with Crippen molar-refractivity contribution in [1.29, 1.82) is 0 Å². The first-order valence-corrected chi connectivity index (χ1v) is 10.8. The number of hydrogen-bond acceptors (Lipinski definition) is 4. The van der Waals surface area contributed by atoms with Crippen molar-refractivity contribution in [2.45, 2.75) is 44.3 Å². The molecule has 1 aromatic carbocycles. The Bertz CT molecular complexity index is 775. The fraction of sp³-hybridized carbons (Fsp3) is 0.636. The van der Waals surface area contributed by atoms with E-state index in [4.69, 9.17) is 0 Å². The third-order valence-corrected chi connectivity index (χ3v) is 6.59. The Kier molecular flexibility index (Phi) is 5.81. The molecule has 1 aromatic rings. The lowest BCUT2D eigenvalue weighted by Gasteiger charge is -2.46. The number of piperazine rings is 1. The summed E-state index contributed by atoms with van der Waals surface area (Å²) in [7, 11) is 0. The van der Waals surface area contributed by atoms with Crippen LogP contribution in [-0.2, 0) is 4.79 Å². The minimum absolute atomic E-state index is 0.0921. The van der Waals surface area contributed by atoms with E-state index in [-0.39, 0.29) is 17.9 Å². The first-order chi connectivity index (χ1) is 14.2. The third kappa shape index (κ3) is 4.21. The number of carbonyl (C=O) groups excluding carboxylic acids is 2. The van der Waals surface area contributed by atoms with E-state index in [0.717, 1.165) is 13.1 Å². The molecule has 3 heterocycles. The molecule has 0 unspecified atom stereocenters. The first-order valence-electron chi connectivity index (χ1n) is 10.8. The number of benzene rings is 1. The molecule has 3 fully saturated rings. The Hall–Kier alpha value is -2.06. The number of nitrogens with zero attached hydrogens (tertiary/aromatic N) is 4. The Morgan fingerprint density at radius 2 is 1.63 bits per heavy atom. The van der Waals surface area contributed by atoms with Gasteiger partial charge in [-0.3, -0.25) is 19.4 Å². The van der Waals surface area contributed by atoms with Crippen LogP contribution in [0.2, 0.25) is 0 Å². The molecule has 0 N–H and O–H groups in total. The lowest BCUT2D eigenvalue weighted by atomic mass is 10.0. The van der Waals surface area contributed by atoms with Gasteiger partial charge in [-0.05, 0) is 26.0 Å². The van der Waals surface area contributed by atoms with Gasteiger partial charge in [-0.1, -0.05) is 18.2 Å². The normalized spacial score (nSPS) is 25.6. The summed E-state index contributed by atoms with van der Waals surface area (Å²) in [4.78, 5) is 33.0. The van der Waals surface area contributed by atoms with Gasteiger partial charge in [0.15, 0.2) is 0 Å². The molecule has 0 saturated carbocycles. The van der Waals surface area contributed by atoms with Gasteiger partial charge in [0.05, 0.1) is 12.6 Å². The largest absolute Gasteiger partial charge is 0.339 e. The highest BCUT2D eigenvalue weighted by molar-refractivity contribution is 5.94. The van der Waals surface area contributed by atoms with E-state index in [1.54, 1.807) is 39.0 Å². The van der Waals surface area contributed by atoms with Gasteiger partial charge in [0.25, 0.3) is 11.8 Å². The summed E-state index contributed by atoms with van der Waals surface area (Å²) < 4.78 is 28.6. The maximum atomic E-state index is 14.3. The fourth-order valence-electron chi connectivity index (χ4n) is 4.72. The highest BCUT2D eigenvalue weighted by Crippen LogP contribution is 2.36. The Morgan fingerprint density at radius 3 is 2.23 bits per heavy atom. The molecule has 3 saturated heterocycles. The topological polar surface area (TPSA) is 47.1 Å². The van der Waals surface area contributed by atoms with Crippen molar-refractivity contribution in [3.05, 3.63) is 35.9 Å². The highest BCUT2D eigenvalue weighted by atomic mass is 19.3. The van der Waals surface area contributed by atoms with Crippen LogP contribution < -0.4 is 0 Å². The molecule has 0 aromatic heterocycles. The molecule has 3 aliphatic rings. The van der Waals surface area contributed by atoms with Crippen molar-refractivity contribution in [2.24, 2.45) is 0 Å². The van der Waals surface area contributed by atoms with E-state index in [9.17, 15) is 18.4 Å². The van der Waals surface area contributed by atoms with E-state index >= 15 is 0 Å². The average Bonchev–Trinajstić information content (AvgIpc) is 3.02. The van der Waals surface area contributed by atoms with Gasteiger partial charge in [-0.2, -0.15) is 0 Å². The quantitative estimate of drug-likeness (QED) is 0.745. The predicted molar refractivity (Wildman–Crippen MR) is 109 cm³/mol. The zero-order chi connectivity index (χ0) is 21.5. The highest BCUT2D eigenvalue weighted by Gasteiger charge is 2.53. The first kappa shape index (κ1) is 21.2. The number of alkyl halides is 2. The van der Waals surface area contributed by atoms with Gasteiger partial charge in [0.2, 0.25) is 5.91 Å². The van der Waals surface area contributed by atoms with Crippen LogP contribution in [0, 0.1) is 0 Å². The average molecular weight is 421 g/mol. The van der Waals surface area contributed by atoms with E-state index in [2.05, 4.69) is 18.7 Å². The van der Waals surface area contributed by atoms with Crippen molar-refractivity contribution >= 4 is 11.8 Å². The summed E-state index contributed by atoms with van der Waals surface area (Å²) in [6, 6.07) is 8.38. The smallest absolute Gasteiger partial charge is 0.262 e. The molecule has 0 aliphatic carbocycles. The van der Waals surface area contributed by atoms with Crippen LogP contribution in [0.15, 0.2) is 30.3 Å². The monoisotopic (exact) mass is 420 g/mol. The second-order valence-corrected chi connectivity index (χ2v) is 8.93. The molecule has 0 bridgehead atoms. The molecule has 30 heavy (non-hydrogen) atoms. The van der Waals surface area contributed by atoms with Crippen LogP contribution in [0.1, 0.15) is 30.6 Å². The van der Waals surface area contributed by atoms with Gasteiger partial charge in [-0.25, -0.2) is 8.78 Å². The molecular weight excluding hydrogens is 390 g/mol. The predicted octanol–water partition coefficient (Wildman–Crippen LogP) is 1.77. The van der Waals surface area contributed by atoms with Crippen LogP contribution in [-0.4, -0.2) is 101 Å². The second-order valence-electron chi connectivity index (χ2n) is 8.93. The maximum Gasteiger partial charge on any atom is 0.262 e. The Morgan fingerprint density at radius 1 is 1.00 bits per heavy atom. The fourth-order valence-corrected chi connectivity index (χ4v) is 4.72. The van der Waals surface area contributed by atoms with Crippen LogP contribution in [0.25, 0.3) is 0 Å². The molecule has 4 rings (SSSR count). The van der Waals surface area contributed by atoms with E-state index in [1.807, 2.05) is 6.07 Å². The minimum atomic E-state index is -2.87. The molecule has 3 aliphatic heterocycles. The lowest BCUT2D eigenvalue weighted by molar-refractivity contribution is -0.139.